The molecule has 3 nitrogen and oxygen atoms in total. The third-order valence-corrected chi connectivity index (χ3v) is 3.77. The summed E-state index contributed by atoms with van der Waals surface area (Å²) in [4.78, 5) is 0. The molecule has 0 radical (unpaired) electrons. The van der Waals surface area contributed by atoms with E-state index in [-0.39, 0.29) is 5.41 Å². The Labute approximate surface area is 127 Å². The highest BCUT2D eigenvalue weighted by molar-refractivity contribution is 7.80. The van der Waals surface area contributed by atoms with E-state index in [9.17, 15) is 0 Å². The molecule has 4 heteroatoms. The highest BCUT2D eigenvalue weighted by atomic mass is 32.1. The molecular weight excluding hydrogens is 268 g/mol. The van der Waals surface area contributed by atoms with Crippen LogP contribution in [0.5, 0.6) is 0 Å². The van der Waals surface area contributed by atoms with Gasteiger partial charge in [0.1, 0.15) is 0 Å². The predicted molar refractivity (Wildman–Crippen MR) is 88.3 cm³/mol. The smallest absolute Gasteiger partial charge is 0.170 e. The van der Waals surface area contributed by atoms with Crippen LogP contribution in [0.15, 0.2) is 24.3 Å². The minimum Gasteiger partial charge on any atom is -0.376 e. The molecule has 1 aromatic carbocycles. The van der Waals surface area contributed by atoms with Crippen LogP contribution in [0, 0.1) is 0 Å². The summed E-state index contributed by atoms with van der Waals surface area (Å²) in [6.45, 7) is 8.29. The average Bonchev–Trinajstić information content (AvgIpc) is 2.89. The summed E-state index contributed by atoms with van der Waals surface area (Å²) >= 11 is 5.30. The van der Waals surface area contributed by atoms with Crippen molar-refractivity contribution in [2.75, 3.05) is 18.5 Å². The normalized spacial score (nSPS) is 18.9. The van der Waals surface area contributed by atoms with Gasteiger partial charge in [-0.15, -0.1) is 0 Å². The standard InChI is InChI=1S/C16H24N2OS/c1-16(2,3)12-6-8-13(9-7-12)18-15(20)17-11-14-5-4-10-19-14/h6-9,14H,4-5,10-11H2,1-3H3,(H2,17,18,20). The first kappa shape index (κ1) is 15.3. The first-order valence-corrected chi connectivity index (χ1v) is 7.63. The number of hydrogen-bond donors (Lipinski definition) is 2. The zero-order valence-corrected chi connectivity index (χ0v) is 13.3. The Bertz CT molecular complexity index is 445. The molecule has 0 bridgehead atoms. The number of benzene rings is 1. The first-order chi connectivity index (χ1) is 9.45. The molecule has 1 unspecified atom stereocenters. The van der Waals surface area contributed by atoms with Gasteiger partial charge in [-0.1, -0.05) is 32.9 Å². The van der Waals surface area contributed by atoms with Crippen molar-refractivity contribution in [3.63, 3.8) is 0 Å². The lowest BCUT2D eigenvalue weighted by Crippen LogP contribution is -2.34. The van der Waals surface area contributed by atoms with E-state index in [1.807, 2.05) is 0 Å². The Balaban J connectivity index is 1.81. The SMILES string of the molecule is CC(C)(C)c1ccc(NC(=S)NCC2CCCO2)cc1. The first-order valence-electron chi connectivity index (χ1n) is 7.22. The molecule has 1 saturated heterocycles. The number of nitrogens with one attached hydrogen (secondary N) is 2. The zero-order chi connectivity index (χ0) is 14.6. The van der Waals surface area contributed by atoms with Crippen molar-refractivity contribution in [2.45, 2.75) is 45.1 Å². The Morgan fingerprint density at radius 1 is 1.30 bits per heavy atom. The Kier molecular flexibility index (Phi) is 5.00. The van der Waals surface area contributed by atoms with E-state index in [0.717, 1.165) is 31.7 Å². The fourth-order valence-corrected chi connectivity index (χ4v) is 2.44. The molecule has 2 rings (SSSR count). The van der Waals surface area contributed by atoms with Gasteiger partial charge in [0.05, 0.1) is 6.10 Å². The number of hydrogen-bond acceptors (Lipinski definition) is 2. The zero-order valence-electron chi connectivity index (χ0n) is 12.5. The quantitative estimate of drug-likeness (QED) is 0.836. The number of rotatable bonds is 3. The summed E-state index contributed by atoms with van der Waals surface area (Å²) in [5, 5.41) is 7.08. The van der Waals surface area contributed by atoms with Crippen molar-refractivity contribution in [2.24, 2.45) is 0 Å². The second-order valence-corrected chi connectivity index (χ2v) is 6.71. The molecule has 1 aliphatic heterocycles. The summed E-state index contributed by atoms with van der Waals surface area (Å²) in [6.07, 6.45) is 2.58. The van der Waals surface area contributed by atoms with Gasteiger partial charge in [0.2, 0.25) is 0 Å². The van der Waals surface area contributed by atoms with E-state index in [4.69, 9.17) is 17.0 Å². The summed E-state index contributed by atoms with van der Waals surface area (Å²) in [7, 11) is 0. The molecule has 0 saturated carbocycles. The van der Waals surface area contributed by atoms with Crippen molar-refractivity contribution < 1.29 is 4.74 Å². The van der Waals surface area contributed by atoms with E-state index >= 15 is 0 Å². The van der Waals surface area contributed by atoms with Gasteiger partial charge in [0.15, 0.2) is 5.11 Å². The van der Waals surface area contributed by atoms with Gasteiger partial charge in [0, 0.05) is 18.8 Å². The van der Waals surface area contributed by atoms with Gasteiger partial charge in [0.25, 0.3) is 0 Å². The van der Waals surface area contributed by atoms with E-state index in [0.29, 0.717) is 11.2 Å². The van der Waals surface area contributed by atoms with Crippen molar-refractivity contribution in [1.29, 1.82) is 0 Å². The van der Waals surface area contributed by atoms with Crippen LogP contribution < -0.4 is 10.6 Å². The molecule has 1 fully saturated rings. The van der Waals surface area contributed by atoms with Crippen LogP contribution in [-0.2, 0) is 10.2 Å². The van der Waals surface area contributed by atoms with Gasteiger partial charge in [-0.05, 0) is 48.2 Å². The molecule has 0 spiro atoms. The second kappa shape index (κ2) is 6.55. The number of thiocarbonyl (C=S) groups is 1. The molecule has 1 heterocycles. The maximum Gasteiger partial charge on any atom is 0.170 e. The molecular formula is C16H24N2OS. The highest BCUT2D eigenvalue weighted by Gasteiger charge is 2.15. The Hall–Kier alpha value is -1.13. The van der Waals surface area contributed by atoms with Crippen LogP contribution in [0.1, 0.15) is 39.2 Å². The van der Waals surface area contributed by atoms with Crippen LogP contribution in [0.25, 0.3) is 0 Å². The number of ether oxygens (including phenoxy) is 1. The van der Waals surface area contributed by atoms with E-state index < -0.39 is 0 Å². The van der Waals surface area contributed by atoms with Crippen LogP contribution in [-0.4, -0.2) is 24.4 Å². The third-order valence-electron chi connectivity index (χ3n) is 3.52. The fourth-order valence-electron chi connectivity index (χ4n) is 2.24. The monoisotopic (exact) mass is 292 g/mol. The van der Waals surface area contributed by atoms with Gasteiger partial charge in [-0.25, -0.2) is 0 Å². The molecule has 0 amide bonds. The van der Waals surface area contributed by atoms with Crippen molar-refractivity contribution in [1.82, 2.24) is 5.32 Å². The molecule has 110 valence electrons. The van der Waals surface area contributed by atoms with Crippen molar-refractivity contribution in [3.8, 4) is 0 Å². The molecule has 0 aliphatic carbocycles. The lowest BCUT2D eigenvalue weighted by atomic mass is 9.87. The molecule has 20 heavy (non-hydrogen) atoms. The number of anilines is 1. The Morgan fingerprint density at radius 3 is 2.55 bits per heavy atom. The van der Waals surface area contributed by atoms with Crippen LogP contribution >= 0.6 is 12.2 Å². The second-order valence-electron chi connectivity index (χ2n) is 6.30. The van der Waals surface area contributed by atoms with E-state index in [1.165, 1.54) is 5.56 Å². The van der Waals surface area contributed by atoms with Gasteiger partial charge in [-0.3, -0.25) is 0 Å². The molecule has 2 N–H and O–H groups in total. The van der Waals surface area contributed by atoms with Gasteiger partial charge < -0.3 is 15.4 Å². The van der Waals surface area contributed by atoms with Crippen LogP contribution in [0.4, 0.5) is 5.69 Å². The molecule has 1 aliphatic rings. The molecule has 1 atom stereocenters. The summed E-state index contributed by atoms with van der Waals surface area (Å²) in [5.74, 6) is 0. The maximum absolute atomic E-state index is 5.56. The largest absolute Gasteiger partial charge is 0.376 e. The van der Waals surface area contributed by atoms with Gasteiger partial charge in [-0.2, -0.15) is 0 Å². The average molecular weight is 292 g/mol. The van der Waals surface area contributed by atoms with Crippen LogP contribution in [0.2, 0.25) is 0 Å². The maximum atomic E-state index is 5.56. The molecule has 0 aromatic heterocycles. The van der Waals surface area contributed by atoms with Crippen molar-refractivity contribution in [3.05, 3.63) is 29.8 Å². The topological polar surface area (TPSA) is 33.3 Å². The minimum absolute atomic E-state index is 0.178. The summed E-state index contributed by atoms with van der Waals surface area (Å²) in [5.41, 5.74) is 2.51. The summed E-state index contributed by atoms with van der Waals surface area (Å²) < 4.78 is 5.56. The fraction of sp³-hybridized carbons (Fsp3) is 0.562. The predicted octanol–water partition coefficient (Wildman–Crippen LogP) is 3.45. The van der Waals surface area contributed by atoms with E-state index in [2.05, 4.69) is 55.7 Å². The van der Waals surface area contributed by atoms with Crippen LogP contribution in [0.3, 0.4) is 0 Å². The molecule has 1 aromatic rings. The lowest BCUT2D eigenvalue weighted by molar-refractivity contribution is 0.114. The minimum atomic E-state index is 0.178. The van der Waals surface area contributed by atoms with E-state index in [1.54, 1.807) is 0 Å². The lowest BCUT2D eigenvalue weighted by Gasteiger charge is -2.19. The summed E-state index contributed by atoms with van der Waals surface area (Å²) in [6, 6.07) is 8.43. The van der Waals surface area contributed by atoms with Gasteiger partial charge >= 0.3 is 0 Å². The van der Waals surface area contributed by atoms with Crippen molar-refractivity contribution >= 4 is 23.0 Å². The Morgan fingerprint density at radius 2 is 2.00 bits per heavy atom. The highest BCUT2D eigenvalue weighted by Crippen LogP contribution is 2.23. The third kappa shape index (κ3) is 4.46.